The van der Waals surface area contributed by atoms with Gasteiger partial charge in [-0.1, -0.05) is 0 Å². The molecular weight excluding hydrogens is 321 g/mol. The minimum absolute atomic E-state index is 0.0283. The molecule has 1 saturated heterocycles. The van der Waals surface area contributed by atoms with E-state index in [-0.39, 0.29) is 24.2 Å². The average Bonchev–Trinajstić information content (AvgIpc) is 2.58. The van der Waals surface area contributed by atoms with Crippen molar-refractivity contribution in [1.82, 2.24) is 15.2 Å². The van der Waals surface area contributed by atoms with Gasteiger partial charge in [0.1, 0.15) is 5.82 Å². The van der Waals surface area contributed by atoms with E-state index in [1.54, 1.807) is 23.9 Å². The van der Waals surface area contributed by atoms with Crippen molar-refractivity contribution in [2.75, 3.05) is 45.2 Å². The van der Waals surface area contributed by atoms with Crippen LogP contribution in [0.4, 0.5) is 19.0 Å². The highest BCUT2D eigenvalue weighted by atomic mass is 19.4. The monoisotopic (exact) mass is 344 g/mol. The number of halogens is 3. The van der Waals surface area contributed by atoms with Crippen molar-refractivity contribution in [3.8, 4) is 0 Å². The minimum atomic E-state index is -4.45. The zero-order valence-corrected chi connectivity index (χ0v) is 13.9. The molecule has 1 atom stereocenters. The predicted molar refractivity (Wildman–Crippen MR) is 85.7 cm³/mol. The van der Waals surface area contributed by atoms with Crippen molar-refractivity contribution in [3.05, 3.63) is 23.9 Å². The molecule has 1 N–H and O–H groups in total. The maximum absolute atomic E-state index is 13.2. The van der Waals surface area contributed by atoms with E-state index in [2.05, 4.69) is 10.3 Å². The van der Waals surface area contributed by atoms with E-state index in [0.717, 1.165) is 6.07 Å². The number of anilines is 1. The summed E-state index contributed by atoms with van der Waals surface area (Å²) in [5.41, 5.74) is -0.748. The molecule has 0 bridgehead atoms. The Kier molecular flexibility index (Phi) is 6.04. The Bertz CT molecular complexity index is 564. The van der Waals surface area contributed by atoms with Crippen LogP contribution in [0.1, 0.15) is 18.4 Å². The van der Waals surface area contributed by atoms with Gasteiger partial charge in [0, 0.05) is 39.4 Å². The Hall–Kier alpha value is -1.83. The number of pyridine rings is 1. The summed E-state index contributed by atoms with van der Waals surface area (Å²) in [6.07, 6.45) is -1.74. The molecule has 1 amide bonds. The first-order valence-corrected chi connectivity index (χ1v) is 8.01. The molecule has 1 fully saturated rings. The molecule has 0 aliphatic carbocycles. The smallest absolute Gasteiger partial charge is 0.355 e. The molecule has 1 aliphatic rings. The summed E-state index contributed by atoms with van der Waals surface area (Å²) >= 11 is 0. The molecule has 1 aliphatic heterocycles. The zero-order chi connectivity index (χ0) is 17.7. The van der Waals surface area contributed by atoms with Crippen molar-refractivity contribution in [2.24, 2.45) is 5.92 Å². The van der Waals surface area contributed by atoms with Gasteiger partial charge in [0.25, 0.3) is 0 Å². The summed E-state index contributed by atoms with van der Waals surface area (Å²) in [6, 6.07) is 2.32. The summed E-state index contributed by atoms with van der Waals surface area (Å²) in [4.78, 5) is 19.6. The van der Waals surface area contributed by atoms with Crippen LogP contribution >= 0.6 is 0 Å². The molecule has 1 unspecified atom stereocenters. The third kappa shape index (κ3) is 4.37. The maximum atomic E-state index is 13.2. The zero-order valence-electron chi connectivity index (χ0n) is 13.9. The molecule has 24 heavy (non-hydrogen) atoms. The van der Waals surface area contributed by atoms with E-state index >= 15 is 0 Å². The van der Waals surface area contributed by atoms with E-state index in [0.29, 0.717) is 32.5 Å². The van der Waals surface area contributed by atoms with E-state index in [4.69, 9.17) is 0 Å². The highest BCUT2D eigenvalue weighted by Crippen LogP contribution is 2.36. The summed E-state index contributed by atoms with van der Waals surface area (Å²) in [5, 5.41) is 2.98. The molecule has 2 heterocycles. The largest absolute Gasteiger partial charge is 0.419 e. The lowest BCUT2D eigenvalue weighted by Crippen LogP contribution is -2.45. The summed E-state index contributed by atoms with van der Waals surface area (Å²) in [7, 11) is 3.53. The Morgan fingerprint density at radius 1 is 1.50 bits per heavy atom. The molecule has 134 valence electrons. The number of nitrogens with one attached hydrogen (secondary N) is 1. The van der Waals surface area contributed by atoms with Gasteiger partial charge in [0.2, 0.25) is 5.91 Å². The number of nitrogens with zero attached hydrogens (tertiary/aromatic N) is 3. The first kappa shape index (κ1) is 18.5. The van der Waals surface area contributed by atoms with Crippen LogP contribution in [0, 0.1) is 5.92 Å². The number of hydrogen-bond donors (Lipinski definition) is 1. The second kappa shape index (κ2) is 7.83. The van der Waals surface area contributed by atoms with Crippen LogP contribution in [0.3, 0.4) is 0 Å². The topological polar surface area (TPSA) is 48.5 Å². The number of amides is 1. The van der Waals surface area contributed by atoms with Gasteiger partial charge >= 0.3 is 6.18 Å². The van der Waals surface area contributed by atoms with Crippen molar-refractivity contribution in [3.63, 3.8) is 0 Å². The highest BCUT2D eigenvalue weighted by Gasteiger charge is 2.37. The van der Waals surface area contributed by atoms with E-state index in [1.807, 2.05) is 0 Å². The van der Waals surface area contributed by atoms with Crippen molar-refractivity contribution in [1.29, 1.82) is 0 Å². The second-order valence-corrected chi connectivity index (χ2v) is 6.02. The molecular formula is C16H23F3N4O. The number of piperidine rings is 1. The molecule has 5 nitrogen and oxygen atoms in total. The lowest BCUT2D eigenvalue weighted by molar-refractivity contribution is -0.137. The predicted octanol–water partition coefficient (Wildman–Crippen LogP) is 1.99. The lowest BCUT2D eigenvalue weighted by Gasteiger charge is -2.35. The van der Waals surface area contributed by atoms with Crippen molar-refractivity contribution >= 4 is 11.7 Å². The first-order chi connectivity index (χ1) is 11.3. The Morgan fingerprint density at radius 2 is 2.25 bits per heavy atom. The van der Waals surface area contributed by atoms with Gasteiger partial charge in [-0.15, -0.1) is 0 Å². The van der Waals surface area contributed by atoms with Gasteiger partial charge in [-0.2, -0.15) is 13.2 Å². The fourth-order valence-corrected chi connectivity index (χ4v) is 2.94. The number of rotatable bonds is 5. The number of carbonyl (C=O) groups excluding carboxylic acids is 1. The third-order valence-electron chi connectivity index (χ3n) is 4.24. The third-order valence-corrected chi connectivity index (χ3v) is 4.24. The maximum Gasteiger partial charge on any atom is 0.419 e. The lowest BCUT2D eigenvalue weighted by atomic mass is 9.96. The van der Waals surface area contributed by atoms with Crippen molar-refractivity contribution < 1.29 is 18.0 Å². The van der Waals surface area contributed by atoms with E-state index in [1.165, 1.54) is 12.3 Å². The molecule has 1 aromatic heterocycles. The molecule has 0 spiro atoms. The van der Waals surface area contributed by atoms with Gasteiger partial charge in [-0.3, -0.25) is 4.79 Å². The second-order valence-electron chi connectivity index (χ2n) is 6.02. The molecule has 8 heteroatoms. The average molecular weight is 344 g/mol. The van der Waals surface area contributed by atoms with Crippen LogP contribution in [-0.4, -0.2) is 56.1 Å². The number of alkyl halides is 3. The molecule has 1 aromatic rings. The highest BCUT2D eigenvalue weighted by molar-refractivity contribution is 5.79. The molecule has 0 aromatic carbocycles. The van der Waals surface area contributed by atoms with Crippen molar-refractivity contribution in [2.45, 2.75) is 19.0 Å². The Morgan fingerprint density at radius 3 is 2.92 bits per heavy atom. The summed E-state index contributed by atoms with van der Waals surface area (Å²) in [6.45, 7) is 1.99. The van der Waals surface area contributed by atoms with Crippen LogP contribution < -0.4 is 10.2 Å². The number of aromatic nitrogens is 1. The fraction of sp³-hybridized carbons (Fsp3) is 0.625. The van der Waals surface area contributed by atoms with E-state index < -0.39 is 11.7 Å². The van der Waals surface area contributed by atoms with Crippen LogP contribution in [0.15, 0.2) is 18.3 Å². The van der Waals surface area contributed by atoms with Crippen LogP contribution in [0.25, 0.3) is 0 Å². The SMILES string of the molecule is CNCCN(C)C(=O)C1CCCN(c2ncccc2C(F)(F)F)C1. The Labute approximate surface area is 139 Å². The van der Waals surface area contributed by atoms with Gasteiger partial charge in [-0.05, 0) is 32.0 Å². The Balaban J connectivity index is 2.13. The minimum Gasteiger partial charge on any atom is -0.355 e. The number of likely N-dealkylation sites (N-methyl/N-ethyl adjacent to an activating group) is 2. The first-order valence-electron chi connectivity index (χ1n) is 8.01. The van der Waals surface area contributed by atoms with Gasteiger partial charge in [0.05, 0.1) is 11.5 Å². The standard InChI is InChI=1S/C16H23F3N4O/c1-20-8-10-22(2)15(24)12-5-4-9-23(11-12)14-13(16(17,18)19)6-3-7-21-14/h3,6-7,12,20H,4-5,8-11H2,1-2H3. The normalized spacial score (nSPS) is 18.5. The fourth-order valence-electron chi connectivity index (χ4n) is 2.94. The van der Waals surface area contributed by atoms with E-state index in [9.17, 15) is 18.0 Å². The van der Waals surface area contributed by atoms with Gasteiger partial charge in [-0.25, -0.2) is 4.98 Å². The quantitative estimate of drug-likeness (QED) is 0.888. The van der Waals surface area contributed by atoms with Crippen LogP contribution in [-0.2, 0) is 11.0 Å². The number of carbonyl (C=O) groups is 1. The van der Waals surface area contributed by atoms with Crippen LogP contribution in [0.5, 0.6) is 0 Å². The van der Waals surface area contributed by atoms with Crippen LogP contribution in [0.2, 0.25) is 0 Å². The molecule has 2 rings (SSSR count). The molecule has 0 saturated carbocycles. The van der Waals surface area contributed by atoms with Gasteiger partial charge in [0.15, 0.2) is 0 Å². The van der Waals surface area contributed by atoms with Gasteiger partial charge < -0.3 is 15.1 Å². The molecule has 0 radical (unpaired) electrons. The summed E-state index contributed by atoms with van der Waals surface area (Å²) < 4.78 is 39.5. The number of hydrogen-bond acceptors (Lipinski definition) is 4. The summed E-state index contributed by atoms with van der Waals surface area (Å²) in [5.74, 6) is -0.413.